The van der Waals surface area contributed by atoms with Crippen LogP contribution in [0.5, 0.6) is 5.75 Å². The Morgan fingerprint density at radius 1 is 1.17 bits per heavy atom. The van der Waals surface area contributed by atoms with E-state index in [2.05, 4.69) is 20.6 Å². The molecular formula is C24H21FN6O3S2. The third-order valence-corrected chi connectivity index (χ3v) is 7.38. The van der Waals surface area contributed by atoms with Gasteiger partial charge in [-0.2, -0.15) is 5.10 Å². The number of para-hydroxylation sites is 1. The number of thioether (sulfide) groups is 1. The molecule has 0 atom stereocenters. The molecule has 36 heavy (non-hydrogen) atoms. The Balaban J connectivity index is 1.23. The normalized spacial score (nSPS) is 12.4. The van der Waals surface area contributed by atoms with Gasteiger partial charge in [-0.25, -0.2) is 9.07 Å². The van der Waals surface area contributed by atoms with E-state index in [1.165, 1.54) is 45.5 Å². The molecule has 2 aromatic carbocycles. The zero-order chi connectivity index (χ0) is 25.1. The number of amides is 2. The van der Waals surface area contributed by atoms with Gasteiger partial charge < -0.3 is 9.64 Å². The van der Waals surface area contributed by atoms with Gasteiger partial charge in [0.1, 0.15) is 5.82 Å². The molecule has 4 aromatic rings. The van der Waals surface area contributed by atoms with Crippen LogP contribution in [0.1, 0.15) is 23.0 Å². The quantitative estimate of drug-likeness (QED) is 0.272. The number of fused-ring (bicyclic) bond motifs is 1. The van der Waals surface area contributed by atoms with Gasteiger partial charge >= 0.3 is 0 Å². The number of halogens is 1. The minimum atomic E-state index is -0.517. The zero-order valence-electron chi connectivity index (χ0n) is 19.2. The van der Waals surface area contributed by atoms with Crippen molar-refractivity contribution in [3.63, 3.8) is 0 Å². The monoisotopic (exact) mass is 524 g/mol. The summed E-state index contributed by atoms with van der Waals surface area (Å²) >= 11 is 2.45. The van der Waals surface area contributed by atoms with E-state index in [9.17, 15) is 14.0 Å². The molecule has 0 saturated heterocycles. The topological polar surface area (TPSA) is 102 Å². The number of carbonyl (C=O) groups is 2. The molecule has 1 N–H and O–H groups in total. The number of hydrogen-bond donors (Lipinski definition) is 1. The summed E-state index contributed by atoms with van der Waals surface area (Å²) in [6.07, 6.45) is 2.41. The molecule has 2 amide bonds. The molecule has 0 unspecified atom stereocenters. The molecular weight excluding hydrogens is 503 g/mol. The maximum atomic E-state index is 13.3. The van der Waals surface area contributed by atoms with E-state index >= 15 is 0 Å². The van der Waals surface area contributed by atoms with Crippen molar-refractivity contribution in [1.29, 1.82) is 0 Å². The minimum absolute atomic E-state index is 0.00146. The highest BCUT2D eigenvalue weighted by Crippen LogP contribution is 2.31. The second-order valence-corrected chi connectivity index (χ2v) is 9.94. The lowest BCUT2D eigenvalue weighted by Crippen LogP contribution is -2.30. The Hall–Kier alpha value is -3.77. The number of ether oxygens (including phenoxy) is 1. The molecule has 5 rings (SSSR count). The van der Waals surface area contributed by atoms with Crippen molar-refractivity contribution in [2.24, 2.45) is 0 Å². The average Bonchev–Trinajstić information content (AvgIpc) is 3.62. The lowest BCUT2D eigenvalue weighted by molar-refractivity contribution is -0.116. The molecule has 184 valence electrons. The standard InChI is InChI=1S/C24H21FN6O3S2/c1-2-34-19-13-31(17-9-7-16(25)8-10-17)29-21(19)22(33)26-23-27-28-24(36-23)35-14-20(32)30-12-11-15-5-3-4-6-18(15)30/h3-10,13H,2,11-12,14H2,1H3,(H,26,27,33). The summed E-state index contributed by atoms with van der Waals surface area (Å²) in [7, 11) is 0. The van der Waals surface area contributed by atoms with Crippen molar-refractivity contribution < 1.29 is 18.7 Å². The highest BCUT2D eigenvalue weighted by atomic mass is 32.2. The zero-order valence-corrected chi connectivity index (χ0v) is 20.8. The number of nitrogens with one attached hydrogen (secondary N) is 1. The largest absolute Gasteiger partial charge is 0.490 e. The lowest BCUT2D eigenvalue weighted by Gasteiger charge is -2.16. The highest BCUT2D eigenvalue weighted by Gasteiger charge is 2.25. The van der Waals surface area contributed by atoms with Crippen LogP contribution in [0.4, 0.5) is 15.2 Å². The molecule has 0 spiro atoms. The second-order valence-electron chi connectivity index (χ2n) is 7.74. The maximum absolute atomic E-state index is 13.3. The van der Waals surface area contributed by atoms with E-state index in [-0.39, 0.29) is 34.1 Å². The summed E-state index contributed by atoms with van der Waals surface area (Å²) in [4.78, 5) is 27.4. The molecule has 1 aliphatic heterocycles. The number of hydrogen-bond acceptors (Lipinski definition) is 8. The Morgan fingerprint density at radius 2 is 1.97 bits per heavy atom. The van der Waals surface area contributed by atoms with Gasteiger partial charge in [0.25, 0.3) is 5.91 Å². The van der Waals surface area contributed by atoms with Crippen LogP contribution in [0.3, 0.4) is 0 Å². The fourth-order valence-electron chi connectivity index (χ4n) is 3.78. The van der Waals surface area contributed by atoms with Crippen LogP contribution in [-0.2, 0) is 11.2 Å². The summed E-state index contributed by atoms with van der Waals surface area (Å²) in [6.45, 7) is 2.81. The number of rotatable bonds is 8. The molecule has 0 radical (unpaired) electrons. The third-order valence-electron chi connectivity index (χ3n) is 5.42. The first-order chi connectivity index (χ1) is 17.5. The van der Waals surface area contributed by atoms with Gasteiger partial charge in [0, 0.05) is 12.2 Å². The van der Waals surface area contributed by atoms with E-state index in [0.717, 1.165) is 12.1 Å². The first-order valence-electron chi connectivity index (χ1n) is 11.2. The van der Waals surface area contributed by atoms with E-state index in [0.29, 0.717) is 23.2 Å². The number of carbonyl (C=O) groups excluding carboxylic acids is 2. The molecule has 1 aliphatic rings. The van der Waals surface area contributed by atoms with Crippen LogP contribution in [0, 0.1) is 5.82 Å². The van der Waals surface area contributed by atoms with Crippen molar-refractivity contribution in [2.75, 3.05) is 29.1 Å². The van der Waals surface area contributed by atoms with Gasteiger partial charge in [-0.05, 0) is 49.2 Å². The number of benzene rings is 2. The Kier molecular flexibility index (Phi) is 6.96. The highest BCUT2D eigenvalue weighted by molar-refractivity contribution is 8.01. The SMILES string of the molecule is CCOc1cn(-c2ccc(F)cc2)nc1C(=O)Nc1nnc(SCC(=O)N2CCc3ccccc32)s1. The van der Waals surface area contributed by atoms with Crippen LogP contribution in [0.2, 0.25) is 0 Å². The minimum Gasteiger partial charge on any atom is -0.490 e. The predicted molar refractivity (Wildman–Crippen MR) is 136 cm³/mol. The molecule has 0 aliphatic carbocycles. The summed E-state index contributed by atoms with van der Waals surface area (Å²) in [6, 6.07) is 13.6. The van der Waals surface area contributed by atoms with Crippen molar-refractivity contribution >= 4 is 45.7 Å². The van der Waals surface area contributed by atoms with Gasteiger partial charge in [0.05, 0.1) is 24.2 Å². The average molecular weight is 525 g/mol. The molecule has 0 bridgehead atoms. The number of anilines is 2. The van der Waals surface area contributed by atoms with Gasteiger partial charge in [-0.1, -0.05) is 41.3 Å². The predicted octanol–water partition coefficient (Wildman–Crippen LogP) is 4.20. The fourth-order valence-corrected chi connectivity index (χ4v) is 5.40. The van der Waals surface area contributed by atoms with Crippen LogP contribution < -0.4 is 15.0 Å². The van der Waals surface area contributed by atoms with Crippen molar-refractivity contribution in [3.8, 4) is 11.4 Å². The van der Waals surface area contributed by atoms with E-state index in [4.69, 9.17) is 4.74 Å². The van der Waals surface area contributed by atoms with Crippen molar-refractivity contribution in [1.82, 2.24) is 20.0 Å². The summed E-state index contributed by atoms with van der Waals surface area (Å²) in [5.41, 5.74) is 2.77. The van der Waals surface area contributed by atoms with Gasteiger partial charge in [0.15, 0.2) is 15.8 Å². The summed E-state index contributed by atoms with van der Waals surface area (Å²) < 4.78 is 20.8. The van der Waals surface area contributed by atoms with Gasteiger partial charge in [-0.15, -0.1) is 10.2 Å². The molecule has 0 saturated carbocycles. The number of aromatic nitrogens is 4. The smallest absolute Gasteiger partial charge is 0.281 e. The molecule has 12 heteroatoms. The van der Waals surface area contributed by atoms with E-state index < -0.39 is 5.91 Å². The van der Waals surface area contributed by atoms with Gasteiger partial charge in [0.2, 0.25) is 11.0 Å². The van der Waals surface area contributed by atoms with Crippen LogP contribution in [0.15, 0.2) is 59.1 Å². The first-order valence-corrected chi connectivity index (χ1v) is 13.0. The first kappa shape index (κ1) is 23.9. The van der Waals surface area contributed by atoms with Crippen LogP contribution in [0.25, 0.3) is 5.69 Å². The lowest BCUT2D eigenvalue weighted by atomic mass is 10.2. The summed E-state index contributed by atoms with van der Waals surface area (Å²) in [5.74, 6) is -0.385. The summed E-state index contributed by atoms with van der Waals surface area (Å²) in [5, 5.41) is 15.4. The fraction of sp³-hybridized carbons (Fsp3) is 0.208. The maximum Gasteiger partial charge on any atom is 0.281 e. The molecule has 2 aromatic heterocycles. The Labute approximate surface area is 214 Å². The van der Waals surface area contributed by atoms with Crippen molar-refractivity contribution in [2.45, 2.75) is 17.7 Å². The Bertz CT molecular complexity index is 1410. The second kappa shape index (κ2) is 10.5. The van der Waals surface area contributed by atoms with Crippen molar-refractivity contribution in [3.05, 3.63) is 71.8 Å². The van der Waals surface area contributed by atoms with Gasteiger partial charge in [-0.3, -0.25) is 14.9 Å². The van der Waals surface area contributed by atoms with E-state index in [1.54, 1.807) is 30.2 Å². The van der Waals surface area contributed by atoms with E-state index in [1.807, 2.05) is 24.3 Å². The Morgan fingerprint density at radius 3 is 2.78 bits per heavy atom. The third kappa shape index (κ3) is 5.09. The van der Waals surface area contributed by atoms with Crippen LogP contribution >= 0.6 is 23.1 Å². The molecule has 9 nitrogen and oxygen atoms in total. The number of nitrogens with zero attached hydrogens (tertiary/aromatic N) is 5. The van der Waals surface area contributed by atoms with Crippen LogP contribution in [-0.4, -0.2) is 50.7 Å². The molecule has 3 heterocycles. The molecule has 0 fully saturated rings.